The van der Waals surface area contributed by atoms with Crippen molar-refractivity contribution in [3.63, 3.8) is 0 Å². The number of hydrogen-bond acceptors (Lipinski definition) is 1. The second-order valence-corrected chi connectivity index (χ2v) is 12.1. The standard InChI is InChI=1S/C34H46O/c1-25(2)31-19-17-27(5)21-33(31,23-29-13-9-7-10-14-29)35-34(24-30-15-11-8-12-16-30)22-28(6)18-20-32(34)26(3)4/h7-16,27-28,31-32H,1,3,17-24H2,2,4-6H3/t27-,28-,31+,32+,33-,34-/m1/s1. The minimum atomic E-state index is -0.246. The van der Waals surface area contributed by atoms with Crippen molar-refractivity contribution in [1.82, 2.24) is 0 Å². The van der Waals surface area contributed by atoms with Crippen LogP contribution in [0.15, 0.2) is 85.0 Å². The van der Waals surface area contributed by atoms with Crippen LogP contribution in [0.25, 0.3) is 0 Å². The Balaban J connectivity index is 1.84. The minimum absolute atomic E-state index is 0.246. The first-order valence-corrected chi connectivity index (χ1v) is 13.8. The highest BCUT2D eigenvalue weighted by atomic mass is 16.5. The summed E-state index contributed by atoms with van der Waals surface area (Å²) in [5, 5.41) is 0. The van der Waals surface area contributed by atoms with Crippen molar-refractivity contribution in [1.29, 1.82) is 0 Å². The van der Waals surface area contributed by atoms with E-state index in [1.165, 1.54) is 35.1 Å². The molecule has 1 nitrogen and oxygen atoms in total. The average molecular weight is 471 g/mol. The van der Waals surface area contributed by atoms with Gasteiger partial charge < -0.3 is 4.74 Å². The molecule has 6 atom stereocenters. The van der Waals surface area contributed by atoms with E-state index in [-0.39, 0.29) is 11.2 Å². The van der Waals surface area contributed by atoms with E-state index in [4.69, 9.17) is 4.74 Å². The highest BCUT2D eigenvalue weighted by Crippen LogP contribution is 2.53. The maximum Gasteiger partial charge on any atom is 0.0797 e. The van der Waals surface area contributed by atoms with Crippen LogP contribution in [0.4, 0.5) is 0 Å². The molecule has 0 amide bonds. The van der Waals surface area contributed by atoms with Gasteiger partial charge in [0.2, 0.25) is 0 Å². The van der Waals surface area contributed by atoms with Gasteiger partial charge in [-0.05, 0) is 75.3 Å². The zero-order valence-electron chi connectivity index (χ0n) is 22.6. The van der Waals surface area contributed by atoms with Crippen LogP contribution in [0, 0.1) is 23.7 Å². The first-order chi connectivity index (χ1) is 16.7. The fraction of sp³-hybridized carbons (Fsp3) is 0.529. The Morgan fingerprint density at radius 2 is 1.06 bits per heavy atom. The molecule has 2 saturated carbocycles. The predicted octanol–water partition coefficient (Wildman–Crippen LogP) is 8.99. The Bertz CT molecular complexity index is 910. The van der Waals surface area contributed by atoms with Crippen LogP contribution in [-0.4, -0.2) is 11.2 Å². The summed E-state index contributed by atoms with van der Waals surface area (Å²) < 4.78 is 7.88. The van der Waals surface area contributed by atoms with E-state index in [1.807, 2.05) is 0 Å². The molecule has 2 aromatic rings. The molecule has 2 aliphatic carbocycles. The summed E-state index contributed by atoms with van der Waals surface area (Å²) in [6, 6.07) is 22.0. The van der Waals surface area contributed by atoms with Gasteiger partial charge in [0.15, 0.2) is 0 Å². The molecule has 0 aliphatic heterocycles. The zero-order chi connectivity index (χ0) is 25.1. The Hall–Kier alpha value is -2.12. The van der Waals surface area contributed by atoms with E-state index in [1.54, 1.807) is 0 Å². The molecule has 0 N–H and O–H groups in total. The predicted molar refractivity (Wildman–Crippen MR) is 149 cm³/mol. The number of benzene rings is 2. The van der Waals surface area contributed by atoms with Crippen molar-refractivity contribution < 1.29 is 4.74 Å². The summed E-state index contributed by atoms with van der Waals surface area (Å²) in [5.74, 6) is 2.03. The van der Waals surface area contributed by atoms with Gasteiger partial charge in [-0.25, -0.2) is 0 Å². The Kier molecular flexibility index (Phi) is 8.06. The molecule has 0 heterocycles. The van der Waals surface area contributed by atoms with Crippen LogP contribution in [0.2, 0.25) is 0 Å². The lowest BCUT2D eigenvalue weighted by Gasteiger charge is -2.56. The van der Waals surface area contributed by atoms with E-state index in [9.17, 15) is 0 Å². The van der Waals surface area contributed by atoms with E-state index >= 15 is 0 Å². The highest BCUT2D eigenvalue weighted by Gasteiger charge is 2.53. The average Bonchev–Trinajstić information content (AvgIpc) is 2.79. The molecule has 2 aliphatic rings. The van der Waals surface area contributed by atoms with Gasteiger partial charge in [-0.2, -0.15) is 0 Å². The molecule has 0 aromatic heterocycles. The monoisotopic (exact) mass is 470 g/mol. The van der Waals surface area contributed by atoms with Crippen LogP contribution >= 0.6 is 0 Å². The largest absolute Gasteiger partial charge is 0.367 e. The Morgan fingerprint density at radius 1 is 0.686 bits per heavy atom. The van der Waals surface area contributed by atoms with Gasteiger partial charge in [0.25, 0.3) is 0 Å². The van der Waals surface area contributed by atoms with Crippen LogP contribution in [-0.2, 0) is 17.6 Å². The number of ether oxygens (including phenoxy) is 1. The topological polar surface area (TPSA) is 9.23 Å². The van der Waals surface area contributed by atoms with Crippen LogP contribution in [0.5, 0.6) is 0 Å². The molecule has 0 unspecified atom stereocenters. The fourth-order valence-electron chi connectivity index (χ4n) is 7.46. The van der Waals surface area contributed by atoms with Gasteiger partial charge in [0.05, 0.1) is 11.2 Å². The zero-order valence-corrected chi connectivity index (χ0v) is 22.6. The van der Waals surface area contributed by atoms with Gasteiger partial charge in [0, 0.05) is 24.7 Å². The molecule has 2 fully saturated rings. The van der Waals surface area contributed by atoms with Gasteiger partial charge >= 0.3 is 0 Å². The van der Waals surface area contributed by atoms with Crippen LogP contribution in [0.3, 0.4) is 0 Å². The van der Waals surface area contributed by atoms with Gasteiger partial charge in [-0.1, -0.05) is 98.8 Å². The summed E-state index contributed by atoms with van der Waals surface area (Å²) in [6.07, 6.45) is 8.91. The van der Waals surface area contributed by atoms with Crippen molar-refractivity contribution in [2.24, 2.45) is 23.7 Å². The summed E-state index contributed by atoms with van der Waals surface area (Å²) >= 11 is 0. The van der Waals surface area contributed by atoms with Gasteiger partial charge in [0.1, 0.15) is 0 Å². The quantitative estimate of drug-likeness (QED) is 0.350. The SMILES string of the molecule is C=C(C)[C@@H]1CC[C@@H](C)C[C@]1(Cc1ccccc1)O[C@@]1(Cc2ccccc2)C[C@H](C)CC[C@H]1C(=C)C. The van der Waals surface area contributed by atoms with Crippen molar-refractivity contribution in [2.45, 2.75) is 90.3 Å². The maximum absolute atomic E-state index is 7.88. The highest BCUT2D eigenvalue weighted by molar-refractivity contribution is 5.25. The summed E-state index contributed by atoms with van der Waals surface area (Å²) in [7, 11) is 0. The lowest BCUT2D eigenvalue weighted by atomic mass is 9.63. The van der Waals surface area contributed by atoms with Crippen molar-refractivity contribution >= 4 is 0 Å². The molecule has 1 heteroatoms. The molecular formula is C34H46O. The maximum atomic E-state index is 7.88. The Morgan fingerprint density at radius 3 is 1.40 bits per heavy atom. The molecular weight excluding hydrogens is 424 g/mol. The van der Waals surface area contributed by atoms with E-state index < -0.39 is 0 Å². The first kappa shape index (κ1) is 26.0. The fourth-order valence-corrected chi connectivity index (χ4v) is 7.46. The molecule has 35 heavy (non-hydrogen) atoms. The third-order valence-electron chi connectivity index (χ3n) is 8.84. The third-order valence-corrected chi connectivity index (χ3v) is 8.84. The number of rotatable bonds is 8. The summed E-state index contributed by atoms with van der Waals surface area (Å²) in [6.45, 7) is 18.3. The van der Waals surface area contributed by atoms with E-state index in [2.05, 4.69) is 102 Å². The smallest absolute Gasteiger partial charge is 0.0797 e. The van der Waals surface area contributed by atoms with E-state index in [0.717, 1.165) is 38.5 Å². The molecule has 0 saturated heterocycles. The normalized spacial score (nSPS) is 33.3. The Labute approximate surface area is 214 Å². The second-order valence-electron chi connectivity index (χ2n) is 12.1. The van der Waals surface area contributed by atoms with Crippen molar-refractivity contribution in [2.75, 3.05) is 0 Å². The van der Waals surface area contributed by atoms with Gasteiger partial charge in [-0.15, -0.1) is 0 Å². The second kappa shape index (κ2) is 10.9. The number of hydrogen-bond donors (Lipinski definition) is 0. The van der Waals surface area contributed by atoms with E-state index in [0.29, 0.717) is 23.7 Å². The third kappa shape index (κ3) is 5.83. The van der Waals surface area contributed by atoms with Crippen molar-refractivity contribution in [3.05, 3.63) is 96.1 Å². The van der Waals surface area contributed by atoms with Crippen LogP contribution < -0.4 is 0 Å². The summed E-state index contributed by atoms with van der Waals surface area (Å²) in [5.41, 5.74) is 4.81. The van der Waals surface area contributed by atoms with Crippen molar-refractivity contribution in [3.8, 4) is 0 Å². The van der Waals surface area contributed by atoms with Gasteiger partial charge in [-0.3, -0.25) is 0 Å². The molecule has 188 valence electrons. The lowest BCUT2D eigenvalue weighted by Crippen LogP contribution is -2.58. The first-order valence-electron chi connectivity index (χ1n) is 13.8. The lowest BCUT2D eigenvalue weighted by molar-refractivity contribution is -0.225. The van der Waals surface area contributed by atoms with Crippen LogP contribution in [0.1, 0.15) is 77.3 Å². The summed E-state index contributed by atoms with van der Waals surface area (Å²) in [4.78, 5) is 0. The molecule has 2 aromatic carbocycles. The molecule has 0 bridgehead atoms. The minimum Gasteiger partial charge on any atom is -0.367 e. The molecule has 0 spiro atoms. The molecule has 4 rings (SSSR count). The molecule has 0 radical (unpaired) electrons.